The van der Waals surface area contributed by atoms with E-state index in [-0.39, 0.29) is 11.9 Å². The molecule has 1 aliphatic rings. The van der Waals surface area contributed by atoms with Crippen molar-refractivity contribution in [2.24, 2.45) is 0 Å². The minimum absolute atomic E-state index is 0.0467. The number of hydrogen-bond donors (Lipinski definition) is 1. The van der Waals surface area contributed by atoms with Crippen LogP contribution in [0.1, 0.15) is 43.0 Å². The van der Waals surface area contributed by atoms with Crippen molar-refractivity contribution < 1.29 is 9.13 Å². The molecule has 9 heteroatoms. The third-order valence-electron chi connectivity index (χ3n) is 6.04. The SMILES string of the molecule is CCCNc1nccc(-c2c(-c3ccc(F)cc3)nc3n2C(COc2nc(C)cnc2C)CC3)n1. The number of nitrogens with zero attached hydrogens (tertiary/aromatic N) is 6. The van der Waals surface area contributed by atoms with Crippen LogP contribution < -0.4 is 10.1 Å². The van der Waals surface area contributed by atoms with E-state index in [1.165, 1.54) is 12.1 Å². The number of ether oxygens (including phenoxy) is 1. The lowest BCUT2D eigenvalue weighted by Gasteiger charge is -2.18. The lowest BCUT2D eigenvalue weighted by molar-refractivity contribution is 0.244. The van der Waals surface area contributed by atoms with Crippen LogP contribution in [0.2, 0.25) is 0 Å². The van der Waals surface area contributed by atoms with E-state index >= 15 is 0 Å². The van der Waals surface area contributed by atoms with E-state index in [0.717, 1.165) is 65.7 Å². The maximum atomic E-state index is 13.7. The number of fused-ring (bicyclic) bond motifs is 1. The summed E-state index contributed by atoms with van der Waals surface area (Å²) in [7, 11) is 0. The van der Waals surface area contributed by atoms with Crippen molar-refractivity contribution in [1.29, 1.82) is 0 Å². The smallest absolute Gasteiger partial charge is 0.235 e. The average Bonchev–Trinajstić information content (AvgIpc) is 3.43. The molecule has 1 N–H and O–H groups in total. The standard InChI is InChI=1S/C26H28FN7O/c1-4-12-28-26-29-13-11-21(32-26)24-23(18-5-7-19(27)8-6-18)33-22-10-9-20(34(22)24)15-35-25-17(3)30-14-16(2)31-25/h5-8,11,13-14,20H,4,9-10,12,15H2,1-3H3,(H,28,29,32). The van der Waals surface area contributed by atoms with Crippen LogP contribution in [-0.2, 0) is 6.42 Å². The van der Waals surface area contributed by atoms with Gasteiger partial charge in [0.25, 0.3) is 0 Å². The molecule has 0 fully saturated rings. The van der Waals surface area contributed by atoms with Gasteiger partial charge in [-0.3, -0.25) is 4.98 Å². The number of hydrogen-bond acceptors (Lipinski definition) is 7. The molecule has 0 spiro atoms. The minimum atomic E-state index is -0.281. The van der Waals surface area contributed by atoms with E-state index in [9.17, 15) is 4.39 Å². The van der Waals surface area contributed by atoms with Crippen LogP contribution in [0.4, 0.5) is 10.3 Å². The predicted molar refractivity (Wildman–Crippen MR) is 132 cm³/mol. The van der Waals surface area contributed by atoms with Crippen LogP contribution in [0.25, 0.3) is 22.6 Å². The van der Waals surface area contributed by atoms with Gasteiger partial charge in [0, 0.05) is 30.9 Å². The van der Waals surface area contributed by atoms with Crippen LogP contribution in [-0.4, -0.2) is 42.6 Å². The molecule has 8 nitrogen and oxygen atoms in total. The van der Waals surface area contributed by atoms with E-state index in [1.807, 2.05) is 19.9 Å². The fraction of sp³-hybridized carbons (Fsp3) is 0.346. The summed E-state index contributed by atoms with van der Waals surface area (Å²) in [6.45, 7) is 7.10. The zero-order valence-electron chi connectivity index (χ0n) is 20.1. The van der Waals surface area contributed by atoms with Gasteiger partial charge in [-0.05, 0) is 57.0 Å². The maximum absolute atomic E-state index is 13.7. The minimum Gasteiger partial charge on any atom is -0.474 e. The molecular weight excluding hydrogens is 445 g/mol. The van der Waals surface area contributed by atoms with Gasteiger partial charge in [0.15, 0.2) is 0 Å². The number of anilines is 1. The number of nitrogens with one attached hydrogen (secondary N) is 1. The summed E-state index contributed by atoms with van der Waals surface area (Å²) in [5, 5.41) is 3.26. The molecule has 1 unspecified atom stereocenters. The number of benzene rings is 1. The topological polar surface area (TPSA) is 90.6 Å². The van der Waals surface area contributed by atoms with Gasteiger partial charge in [0.2, 0.25) is 11.8 Å². The summed E-state index contributed by atoms with van der Waals surface area (Å²) >= 11 is 0. The first kappa shape index (κ1) is 22.9. The van der Waals surface area contributed by atoms with Crippen molar-refractivity contribution in [3.8, 4) is 28.5 Å². The van der Waals surface area contributed by atoms with E-state index in [1.54, 1.807) is 24.5 Å². The van der Waals surface area contributed by atoms with E-state index in [0.29, 0.717) is 18.4 Å². The molecule has 0 amide bonds. The van der Waals surface area contributed by atoms with Gasteiger partial charge in [0.1, 0.15) is 18.2 Å². The Balaban J connectivity index is 1.55. The average molecular weight is 474 g/mol. The van der Waals surface area contributed by atoms with Crippen molar-refractivity contribution in [2.75, 3.05) is 18.5 Å². The highest BCUT2D eigenvalue weighted by Gasteiger charge is 2.31. The van der Waals surface area contributed by atoms with E-state index in [4.69, 9.17) is 14.7 Å². The van der Waals surface area contributed by atoms with Crippen LogP contribution in [0.5, 0.6) is 5.88 Å². The quantitative estimate of drug-likeness (QED) is 0.388. The zero-order chi connectivity index (χ0) is 24.4. The Labute approximate surface area is 203 Å². The molecule has 5 rings (SSSR count). The number of aromatic nitrogens is 6. The molecule has 180 valence electrons. The molecule has 1 aromatic carbocycles. The van der Waals surface area contributed by atoms with E-state index in [2.05, 4.69) is 31.8 Å². The lowest BCUT2D eigenvalue weighted by atomic mass is 10.1. The van der Waals surface area contributed by atoms with Crippen LogP contribution in [0.3, 0.4) is 0 Å². The first-order valence-corrected chi connectivity index (χ1v) is 11.9. The first-order chi connectivity index (χ1) is 17.0. The number of imidazole rings is 1. The van der Waals surface area contributed by atoms with Crippen molar-refractivity contribution in [1.82, 2.24) is 29.5 Å². The number of halogens is 1. The van der Waals surface area contributed by atoms with Crippen molar-refractivity contribution in [2.45, 2.75) is 46.1 Å². The molecule has 3 aromatic heterocycles. The normalized spacial score (nSPS) is 14.7. The highest BCUT2D eigenvalue weighted by Crippen LogP contribution is 2.39. The third kappa shape index (κ3) is 4.71. The monoisotopic (exact) mass is 473 g/mol. The Kier molecular flexibility index (Phi) is 6.39. The zero-order valence-corrected chi connectivity index (χ0v) is 20.1. The second kappa shape index (κ2) is 9.77. The molecule has 1 aliphatic heterocycles. The number of aryl methyl sites for hydroxylation is 3. The van der Waals surface area contributed by atoms with Gasteiger partial charge in [-0.15, -0.1) is 0 Å². The maximum Gasteiger partial charge on any atom is 0.235 e. The van der Waals surface area contributed by atoms with Gasteiger partial charge >= 0.3 is 0 Å². The molecule has 0 saturated carbocycles. The third-order valence-corrected chi connectivity index (χ3v) is 6.04. The Bertz CT molecular complexity index is 1340. The second-order valence-corrected chi connectivity index (χ2v) is 8.70. The van der Waals surface area contributed by atoms with Crippen LogP contribution >= 0.6 is 0 Å². The molecule has 4 heterocycles. The molecule has 4 aromatic rings. The molecule has 0 aliphatic carbocycles. The summed E-state index contributed by atoms with van der Waals surface area (Å²) in [6, 6.07) is 8.36. The van der Waals surface area contributed by atoms with Crippen LogP contribution in [0.15, 0.2) is 42.7 Å². The van der Waals surface area contributed by atoms with Crippen molar-refractivity contribution >= 4 is 5.95 Å². The van der Waals surface area contributed by atoms with Gasteiger partial charge in [-0.2, -0.15) is 0 Å². The Morgan fingerprint density at radius 1 is 1.09 bits per heavy atom. The van der Waals surface area contributed by atoms with Gasteiger partial charge in [-0.25, -0.2) is 24.3 Å². The van der Waals surface area contributed by atoms with Crippen molar-refractivity contribution in [3.05, 3.63) is 65.8 Å². The molecule has 0 bridgehead atoms. The van der Waals surface area contributed by atoms with Gasteiger partial charge in [0.05, 0.1) is 34.5 Å². The Hall–Kier alpha value is -3.88. The summed E-state index contributed by atoms with van der Waals surface area (Å²) in [6.07, 6.45) is 6.16. The molecule has 0 saturated heterocycles. The largest absolute Gasteiger partial charge is 0.474 e. The van der Waals surface area contributed by atoms with Crippen LogP contribution in [0, 0.1) is 19.7 Å². The summed E-state index contributed by atoms with van der Waals surface area (Å²) in [5.41, 5.74) is 4.82. The fourth-order valence-corrected chi connectivity index (χ4v) is 4.32. The molecule has 1 atom stereocenters. The Morgan fingerprint density at radius 3 is 2.71 bits per heavy atom. The highest BCUT2D eigenvalue weighted by atomic mass is 19.1. The van der Waals surface area contributed by atoms with Gasteiger partial charge in [-0.1, -0.05) is 6.92 Å². The summed E-state index contributed by atoms with van der Waals surface area (Å²) < 4.78 is 22.0. The first-order valence-electron chi connectivity index (χ1n) is 11.9. The Morgan fingerprint density at radius 2 is 1.91 bits per heavy atom. The molecular formula is C26H28FN7O. The van der Waals surface area contributed by atoms with E-state index < -0.39 is 0 Å². The summed E-state index contributed by atoms with van der Waals surface area (Å²) in [4.78, 5) is 23.0. The molecule has 35 heavy (non-hydrogen) atoms. The lowest BCUT2D eigenvalue weighted by Crippen LogP contribution is -2.16. The fourth-order valence-electron chi connectivity index (χ4n) is 4.32. The second-order valence-electron chi connectivity index (χ2n) is 8.70. The summed E-state index contributed by atoms with van der Waals surface area (Å²) in [5.74, 6) is 1.80. The van der Waals surface area contributed by atoms with Gasteiger partial charge < -0.3 is 14.6 Å². The highest BCUT2D eigenvalue weighted by molar-refractivity contribution is 5.78. The molecule has 0 radical (unpaired) electrons. The number of rotatable bonds is 8. The van der Waals surface area contributed by atoms with Crippen molar-refractivity contribution in [3.63, 3.8) is 0 Å². The predicted octanol–water partition coefficient (Wildman–Crippen LogP) is 4.94.